The maximum Gasteiger partial charge on any atom is 0.131 e. The van der Waals surface area contributed by atoms with Gasteiger partial charge in [0.15, 0.2) is 0 Å². The zero-order chi connectivity index (χ0) is 13.0. The number of rotatable bonds is 5. The second-order valence-corrected chi connectivity index (χ2v) is 4.12. The van der Waals surface area contributed by atoms with Crippen molar-refractivity contribution in [3.8, 4) is 5.75 Å². The molecule has 1 aromatic carbocycles. The molecule has 4 heteroatoms. The van der Waals surface area contributed by atoms with Crippen LogP contribution in [0.4, 0.5) is 4.39 Å². The van der Waals surface area contributed by atoms with E-state index in [2.05, 4.69) is 0 Å². The van der Waals surface area contributed by atoms with Crippen LogP contribution in [0.2, 0.25) is 0 Å². The van der Waals surface area contributed by atoms with Crippen molar-refractivity contribution < 1.29 is 9.13 Å². The second-order valence-electron chi connectivity index (χ2n) is 4.12. The summed E-state index contributed by atoms with van der Waals surface area (Å²) in [5.74, 6) is 0.285. The summed E-state index contributed by atoms with van der Waals surface area (Å²) in [7, 11) is 1.53. The van der Waals surface area contributed by atoms with Gasteiger partial charge in [-0.1, -0.05) is 6.07 Å². The van der Waals surface area contributed by atoms with E-state index in [9.17, 15) is 4.39 Å². The first-order chi connectivity index (χ1) is 8.74. The van der Waals surface area contributed by atoms with Crippen molar-refractivity contribution in [1.82, 2.24) is 4.57 Å². The fourth-order valence-corrected chi connectivity index (χ4v) is 1.95. The quantitative estimate of drug-likeness (QED) is 0.881. The van der Waals surface area contributed by atoms with Crippen molar-refractivity contribution in [3.63, 3.8) is 0 Å². The summed E-state index contributed by atoms with van der Waals surface area (Å²) in [6, 6.07) is 8.88. The fraction of sp³-hybridized carbons (Fsp3) is 0.286. The molecule has 0 saturated heterocycles. The van der Waals surface area contributed by atoms with Crippen LogP contribution in [-0.4, -0.2) is 18.2 Å². The Morgan fingerprint density at radius 1 is 1.33 bits per heavy atom. The van der Waals surface area contributed by atoms with Crippen molar-refractivity contribution >= 4 is 0 Å². The summed E-state index contributed by atoms with van der Waals surface area (Å²) in [5.41, 5.74) is 7.31. The molecule has 1 heterocycles. The van der Waals surface area contributed by atoms with E-state index >= 15 is 0 Å². The van der Waals surface area contributed by atoms with Crippen LogP contribution in [0.1, 0.15) is 11.3 Å². The zero-order valence-corrected chi connectivity index (χ0v) is 10.4. The first kappa shape index (κ1) is 12.6. The van der Waals surface area contributed by atoms with Crippen LogP contribution in [0.25, 0.3) is 0 Å². The van der Waals surface area contributed by atoms with Crippen LogP contribution < -0.4 is 10.5 Å². The molecule has 0 aliphatic carbocycles. The van der Waals surface area contributed by atoms with E-state index in [0.717, 1.165) is 12.1 Å². The van der Waals surface area contributed by atoms with Crippen molar-refractivity contribution in [3.05, 3.63) is 53.6 Å². The average Bonchev–Trinajstić information content (AvgIpc) is 2.80. The lowest BCUT2D eigenvalue weighted by atomic mass is 10.2. The van der Waals surface area contributed by atoms with E-state index in [1.54, 1.807) is 12.1 Å². The molecule has 18 heavy (non-hydrogen) atoms. The van der Waals surface area contributed by atoms with Crippen LogP contribution >= 0.6 is 0 Å². The van der Waals surface area contributed by atoms with Gasteiger partial charge in [0.25, 0.3) is 0 Å². The van der Waals surface area contributed by atoms with E-state index < -0.39 is 0 Å². The highest BCUT2D eigenvalue weighted by Crippen LogP contribution is 2.18. The second kappa shape index (κ2) is 5.69. The summed E-state index contributed by atoms with van der Waals surface area (Å²) in [4.78, 5) is 0. The largest absolute Gasteiger partial charge is 0.497 e. The maximum absolute atomic E-state index is 13.8. The molecule has 0 aliphatic heterocycles. The Kier molecular flexibility index (Phi) is 3.99. The Morgan fingerprint density at radius 2 is 2.17 bits per heavy atom. The third-order valence-electron chi connectivity index (χ3n) is 2.92. The smallest absolute Gasteiger partial charge is 0.131 e. The number of nitrogens with zero attached hydrogens (tertiary/aromatic N) is 1. The van der Waals surface area contributed by atoms with Gasteiger partial charge >= 0.3 is 0 Å². The molecule has 2 N–H and O–H groups in total. The van der Waals surface area contributed by atoms with Crippen LogP contribution in [0.5, 0.6) is 5.75 Å². The fourth-order valence-electron chi connectivity index (χ4n) is 1.95. The molecule has 3 nitrogen and oxygen atoms in total. The maximum atomic E-state index is 13.8. The summed E-state index contributed by atoms with van der Waals surface area (Å²) in [5, 5.41) is 0. The third kappa shape index (κ3) is 2.71. The predicted octanol–water partition coefficient (Wildman–Crippen LogP) is 2.19. The Balaban J connectivity index is 2.20. The highest BCUT2D eigenvalue weighted by atomic mass is 19.1. The van der Waals surface area contributed by atoms with E-state index in [4.69, 9.17) is 10.5 Å². The minimum absolute atomic E-state index is 0.248. The summed E-state index contributed by atoms with van der Waals surface area (Å²) in [6.45, 7) is 1.10. The molecule has 0 bridgehead atoms. The molecule has 0 saturated carbocycles. The molecule has 0 fully saturated rings. The highest BCUT2D eigenvalue weighted by molar-refractivity contribution is 5.29. The standard InChI is InChI=1S/C14H17FN2O/c1-18-13-5-4-11(14(15)9-13)10-17-8-2-3-12(17)6-7-16/h2-5,8-9H,6-7,10,16H2,1H3. The van der Waals surface area contributed by atoms with Gasteiger partial charge in [-0.25, -0.2) is 4.39 Å². The summed E-state index contributed by atoms with van der Waals surface area (Å²) in [6.07, 6.45) is 2.74. The van der Waals surface area contributed by atoms with Crippen LogP contribution in [0.15, 0.2) is 36.5 Å². The lowest BCUT2D eigenvalue weighted by Crippen LogP contribution is -2.10. The van der Waals surface area contributed by atoms with Crippen LogP contribution in [0, 0.1) is 5.82 Å². The van der Waals surface area contributed by atoms with E-state index in [-0.39, 0.29) is 5.82 Å². The zero-order valence-electron chi connectivity index (χ0n) is 10.4. The molecule has 1 aromatic heterocycles. The number of ether oxygens (including phenoxy) is 1. The Morgan fingerprint density at radius 3 is 2.83 bits per heavy atom. The van der Waals surface area contributed by atoms with Gasteiger partial charge in [0.1, 0.15) is 11.6 Å². The van der Waals surface area contributed by atoms with Crippen molar-refractivity contribution in [2.45, 2.75) is 13.0 Å². The van der Waals surface area contributed by atoms with Crippen molar-refractivity contribution in [2.75, 3.05) is 13.7 Å². The summed E-state index contributed by atoms with van der Waals surface area (Å²) < 4.78 is 20.8. The lowest BCUT2D eigenvalue weighted by molar-refractivity contribution is 0.410. The molecule has 2 rings (SSSR count). The number of methoxy groups -OCH3 is 1. The van der Waals surface area contributed by atoms with Gasteiger partial charge in [0, 0.05) is 23.5 Å². The molecule has 0 amide bonds. The molecule has 0 aliphatic rings. The highest BCUT2D eigenvalue weighted by Gasteiger charge is 2.06. The van der Waals surface area contributed by atoms with Crippen molar-refractivity contribution in [1.29, 1.82) is 0 Å². The minimum Gasteiger partial charge on any atom is -0.497 e. The van der Waals surface area contributed by atoms with Gasteiger partial charge in [0.2, 0.25) is 0 Å². The molecule has 0 unspecified atom stereocenters. The summed E-state index contributed by atoms with van der Waals surface area (Å²) >= 11 is 0. The molecular formula is C14H17FN2O. The monoisotopic (exact) mass is 248 g/mol. The Labute approximate surface area is 106 Å². The lowest BCUT2D eigenvalue weighted by Gasteiger charge is -2.10. The van der Waals surface area contributed by atoms with Crippen LogP contribution in [-0.2, 0) is 13.0 Å². The van der Waals surface area contributed by atoms with E-state index in [1.165, 1.54) is 13.2 Å². The number of hydrogen-bond acceptors (Lipinski definition) is 2. The third-order valence-corrected chi connectivity index (χ3v) is 2.92. The molecule has 0 atom stereocenters. The first-order valence-electron chi connectivity index (χ1n) is 5.91. The number of benzene rings is 1. The van der Waals surface area contributed by atoms with Crippen molar-refractivity contribution in [2.24, 2.45) is 5.73 Å². The molecule has 0 spiro atoms. The van der Waals surface area contributed by atoms with E-state index in [0.29, 0.717) is 24.4 Å². The van der Waals surface area contributed by atoms with Gasteiger partial charge in [-0.3, -0.25) is 0 Å². The molecule has 0 radical (unpaired) electrons. The number of halogens is 1. The number of hydrogen-bond donors (Lipinski definition) is 1. The number of nitrogens with two attached hydrogens (primary N) is 1. The number of aromatic nitrogens is 1. The van der Waals surface area contributed by atoms with Gasteiger partial charge in [-0.2, -0.15) is 0 Å². The van der Waals surface area contributed by atoms with Crippen LogP contribution in [0.3, 0.4) is 0 Å². The molecular weight excluding hydrogens is 231 g/mol. The van der Waals surface area contributed by atoms with Gasteiger partial charge in [-0.15, -0.1) is 0 Å². The Hall–Kier alpha value is -1.81. The normalized spacial score (nSPS) is 10.6. The minimum atomic E-state index is -0.248. The van der Waals surface area contributed by atoms with Gasteiger partial charge in [0.05, 0.1) is 13.7 Å². The van der Waals surface area contributed by atoms with Gasteiger partial charge < -0.3 is 15.0 Å². The Bertz CT molecular complexity index is 522. The first-order valence-corrected chi connectivity index (χ1v) is 5.91. The predicted molar refractivity (Wildman–Crippen MR) is 69.2 cm³/mol. The molecule has 96 valence electrons. The SMILES string of the molecule is COc1ccc(Cn2cccc2CCN)c(F)c1. The average molecular weight is 248 g/mol. The molecule has 2 aromatic rings. The topological polar surface area (TPSA) is 40.2 Å². The van der Waals surface area contributed by atoms with Gasteiger partial charge in [-0.05, 0) is 31.2 Å². The van der Waals surface area contributed by atoms with E-state index in [1.807, 2.05) is 22.9 Å².